The zero-order valence-corrected chi connectivity index (χ0v) is 15.0. The van der Waals surface area contributed by atoms with Crippen molar-refractivity contribution in [3.05, 3.63) is 66.1 Å². The van der Waals surface area contributed by atoms with Gasteiger partial charge in [-0.25, -0.2) is 9.37 Å². The Labute approximate surface area is 160 Å². The van der Waals surface area contributed by atoms with E-state index in [2.05, 4.69) is 15.6 Å². The second kappa shape index (κ2) is 6.16. The van der Waals surface area contributed by atoms with E-state index in [1.807, 2.05) is 24.3 Å². The maximum atomic E-state index is 13.5. The Morgan fingerprint density at radius 1 is 1.11 bits per heavy atom. The number of rotatable bonds is 3. The summed E-state index contributed by atoms with van der Waals surface area (Å²) < 4.78 is 15.2. The Bertz CT molecular complexity index is 1230. The number of halogens is 1. The van der Waals surface area contributed by atoms with E-state index < -0.39 is 0 Å². The summed E-state index contributed by atoms with van der Waals surface area (Å²) in [6.07, 6.45) is 2.08. The van der Waals surface area contributed by atoms with Gasteiger partial charge >= 0.3 is 0 Å². The summed E-state index contributed by atoms with van der Waals surface area (Å²) in [6.45, 7) is 0. The summed E-state index contributed by atoms with van der Waals surface area (Å²) in [5.74, 6) is 0.298. The van der Waals surface area contributed by atoms with E-state index in [4.69, 9.17) is 5.10 Å². The van der Waals surface area contributed by atoms with Crippen molar-refractivity contribution in [3.63, 3.8) is 0 Å². The van der Waals surface area contributed by atoms with Crippen LogP contribution in [0.1, 0.15) is 5.56 Å². The number of amides is 1. The molecule has 1 aliphatic rings. The molecule has 1 aliphatic heterocycles. The molecule has 4 aromatic rings. The molecule has 5 rings (SSSR count). The number of nitrogens with zero attached hydrogens (tertiary/aromatic N) is 3. The molecule has 0 spiro atoms. The molecule has 6 nitrogen and oxygen atoms in total. The summed E-state index contributed by atoms with van der Waals surface area (Å²) in [7, 11) is 1.79. The Morgan fingerprint density at radius 2 is 1.89 bits per heavy atom. The molecule has 28 heavy (non-hydrogen) atoms. The first-order chi connectivity index (χ1) is 13.6. The lowest BCUT2D eigenvalue weighted by atomic mass is 9.97. The molecule has 0 saturated heterocycles. The molecule has 0 unspecified atom stereocenters. The third-order valence-corrected chi connectivity index (χ3v) is 4.91. The second-order valence-electron chi connectivity index (χ2n) is 6.64. The van der Waals surface area contributed by atoms with Crippen LogP contribution in [0.25, 0.3) is 27.9 Å². The van der Waals surface area contributed by atoms with Crippen molar-refractivity contribution in [1.82, 2.24) is 14.6 Å². The minimum Gasteiger partial charge on any atom is -0.357 e. The predicted octanol–water partition coefficient (Wildman–Crippen LogP) is 3.74. The van der Waals surface area contributed by atoms with Crippen LogP contribution in [0.2, 0.25) is 0 Å². The number of nitrogens with one attached hydrogen (secondary N) is 2. The number of fused-ring (bicyclic) bond motifs is 2. The number of hydrogen-bond donors (Lipinski definition) is 2. The van der Waals surface area contributed by atoms with E-state index in [0.717, 1.165) is 39.2 Å². The van der Waals surface area contributed by atoms with Crippen molar-refractivity contribution in [2.75, 3.05) is 17.7 Å². The number of hydrogen-bond acceptors (Lipinski definition) is 4. The number of benzene rings is 2. The number of carbonyl (C=O) groups is 1. The maximum absolute atomic E-state index is 13.5. The molecule has 0 bridgehead atoms. The van der Waals surface area contributed by atoms with Crippen LogP contribution in [0.15, 0.2) is 54.7 Å². The van der Waals surface area contributed by atoms with Crippen LogP contribution < -0.4 is 10.6 Å². The van der Waals surface area contributed by atoms with Gasteiger partial charge in [-0.2, -0.15) is 9.61 Å². The summed E-state index contributed by atoms with van der Waals surface area (Å²) in [4.78, 5) is 16.1. The number of aromatic nitrogens is 3. The Morgan fingerprint density at radius 3 is 2.68 bits per heavy atom. The molecule has 0 radical (unpaired) electrons. The van der Waals surface area contributed by atoms with Crippen LogP contribution >= 0.6 is 0 Å². The molecule has 0 fully saturated rings. The van der Waals surface area contributed by atoms with Crippen LogP contribution in [-0.2, 0) is 11.2 Å². The lowest BCUT2D eigenvalue weighted by molar-refractivity contribution is -0.115. The molecule has 7 heteroatoms. The highest BCUT2D eigenvalue weighted by Gasteiger charge is 2.22. The minimum atomic E-state index is -0.297. The predicted molar refractivity (Wildman–Crippen MR) is 106 cm³/mol. The fourth-order valence-corrected chi connectivity index (χ4v) is 3.63. The van der Waals surface area contributed by atoms with E-state index in [1.54, 1.807) is 29.9 Å². The Kier molecular flexibility index (Phi) is 3.61. The van der Waals surface area contributed by atoms with Gasteiger partial charge in [0.25, 0.3) is 0 Å². The minimum absolute atomic E-state index is 0.00700. The van der Waals surface area contributed by atoms with Crippen molar-refractivity contribution in [2.45, 2.75) is 6.42 Å². The SMILES string of the molecule is CNc1nccc2c(-c3ccc4c(c3)CC(=O)N4)c(-c3ccc(F)cc3)nn12. The topological polar surface area (TPSA) is 71.3 Å². The van der Waals surface area contributed by atoms with Gasteiger partial charge in [0, 0.05) is 30.1 Å². The smallest absolute Gasteiger partial charge is 0.228 e. The molecule has 138 valence electrons. The summed E-state index contributed by atoms with van der Waals surface area (Å²) >= 11 is 0. The van der Waals surface area contributed by atoms with Crippen LogP contribution in [0.3, 0.4) is 0 Å². The van der Waals surface area contributed by atoms with Gasteiger partial charge in [-0.15, -0.1) is 0 Å². The molecule has 2 N–H and O–H groups in total. The van der Waals surface area contributed by atoms with E-state index in [-0.39, 0.29) is 11.7 Å². The van der Waals surface area contributed by atoms with Crippen molar-refractivity contribution >= 4 is 23.1 Å². The van der Waals surface area contributed by atoms with Gasteiger partial charge in [-0.3, -0.25) is 4.79 Å². The van der Waals surface area contributed by atoms with E-state index in [0.29, 0.717) is 12.4 Å². The first kappa shape index (κ1) is 16.4. The van der Waals surface area contributed by atoms with Crippen molar-refractivity contribution < 1.29 is 9.18 Å². The maximum Gasteiger partial charge on any atom is 0.228 e. The van der Waals surface area contributed by atoms with Crippen LogP contribution in [0.4, 0.5) is 16.0 Å². The average molecular weight is 373 g/mol. The van der Waals surface area contributed by atoms with Gasteiger partial charge in [0.1, 0.15) is 11.5 Å². The van der Waals surface area contributed by atoms with Gasteiger partial charge in [0.2, 0.25) is 11.9 Å². The third-order valence-electron chi connectivity index (χ3n) is 4.91. The van der Waals surface area contributed by atoms with Gasteiger partial charge in [0.15, 0.2) is 0 Å². The molecule has 1 amide bonds. The van der Waals surface area contributed by atoms with Gasteiger partial charge in [-0.1, -0.05) is 6.07 Å². The van der Waals surface area contributed by atoms with Crippen LogP contribution in [-0.4, -0.2) is 27.6 Å². The van der Waals surface area contributed by atoms with E-state index in [9.17, 15) is 9.18 Å². The molecular formula is C21H16FN5O. The Balaban J connectivity index is 1.79. The van der Waals surface area contributed by atoms with Gasteiger partial charge < -0.3 is 10.6 Å². The summed E-state index contributed by atoms with van der Waals surface area (Å²) in [5.41, 5.74) is 6.04. The molecular weight excluding hydrogens is 357 g/mol. The lowest BCUT2D eigenvalue weighted by Gasteiger charge is -2.07. The molecule has 0 atom stereocenters. The standard InChI is InChI=1S/C21H16FN5O/c1-23-21-24-9-8-17-19(13-4-7-16-14(10-13)11-18(28)25-16)20(26-27(17)21)12-2-5-15(22)6-3-12/h2-10H,11H2,1H3,(H,23,24)(H,25,28). The lowest BCUT2D eigenvalue weighted by Crippen LogP contribution is -2.03. The first-order valence-electron chi connectivity index (χ1n) is 8.88. The number of anilines is 2. The molecule has 0 aliphatic carbocycles. The summed E-state index contributed by atoms with van der Waals surface area (Å²) in [6, 6.07) is 14.1. The fraction of sp³-hybridized carbons (Fsp3) is 0.0952. The second-order valence-corrected chi connectivity index (χ2v) is 6.64. The Hall–Kier alpha value is -3.74. The average Bonchev–Trinajstić information content (AvgIpc) is 3.27. The highest BCUT2D eigenvalue weighted by Crippen LogP contribution is 2.38. The molecule has 2 aromatic carbocycles. The third kappa shape index (κ3) is 2.51. The molecule has 3 heterocycles. The van der Waals surface area contributed by atoms with Crippen molar-refractivity contribution in [3.8, 4) is 22.4 Å². The van der Waals surface area contributed by atoms with Crippen molar-refractivity contribution in [2.24, 2.45) is 0 Å². The van der Waals surface area contributed by atoms with Gasteiger partial charge in [0.05, 0.1) is 11.9 Å². The highest BCUT2D eigenvalue weighted by atomic mass is 19.1. The quantitative estimate of drug-likeness (QED) is 0.574. The highest BCUT2D eigenvalue weighted by molar-refractivity contribution is 6.01. The van der Waals surface area contributed by atoms with Gasteiger partial charge in [-0.05, 0) is 53.6 Å². The monoisotopic (exact) mass is 373 g/mol. The first-order valence-corrected chi connectivity index (χ1v) is 8.88. The molecule has 2 aromatic heterocycles. The van der Waals surface area contributed by atoms with E-state index in [1.165, 1.54) is 12.1 Å². The van der Waals surface area contributed by atoms with Crippen LogP contribution in [0.5, 0.6) is 0 Å². The summed E-state index contributed by atoms with van der Waals surface area (Å²) in [5, 5.41) is 10.7. The zero-order chi connectivity index (χ0) is 19.3. The normalized spacial score (nSPS) is 12.9. The van der Waals surface area contributed by atoms with E-state index >= 15 is 0 Å². The zero-order valence-electron chi connectivity index (χ0n) is 15.0. The number of carbonyl (C=O) groups excluding carboxylic acids is 1. The molecule has 0 saturated carbocycles. The van der Waals surface area contributed by atoms with Crippen LogP contribution in [0, 0.1) is 5.82 Å². The van der Waals surface area contributed by atoms with Crippen molar-refractivity contribution in [1.29, 1.82) is 0 Å². The fourth-order valence-electron chi connectivity index (χ4n) is 3.63. The largest absolute Gasteiger partial charge is 0.357 e.